The molecule has 4 rings (SSSR count). The highest BCUT2D eigenvalue weighted by molar-refractivity contribution is 7.92. The summed E-state index contributed by atoms with van der Waals surface area (Å²) in [4.78, 5) is 7.07. The van der Waals surface area contributed by atoms with Crippen LogP contribution in [0.25, 0.3) is 11.3 Å². The van der Waals surface area contributed by atoms with Crippen LogP contribution in [0.3, 0.4) is 0 Å². The van der Waals surface area contributed by atoms with Gasteiger partial charge in [0, 0.05) is 49.9 Å². The largest absolute Gasteiger partial charge is 0.398 e. The van der Waals surface area contributed by atoms with E-state index < -0.39 is 50.7 Å². The lowest BCUT2D eigenvalue weighted by atomic mass is 10.00. The predicted molar refractivity (Wildman–Crippen MR) is 142 cm³/mol. The van der Waals surface area contributed by atoms with Crippen LogP contribution >= 0.6 is 0 Å². The van der Waals surface area contributed by atoms with Crippen molar-refractivity contribution >= 4 is 33.2 Å². The molecular weight excluding hydrogens is 552 g/mol. The molecule has 13 heteroatoms. The van der Waals surface area contributed by atoms with Gasteiger partial charge in [-0.15, -0.1) is 0 Å². The van der Waals surface area contributed by atoms with Gasteiger partial charge in [-0.3, -0.25) is 4.99 Å². The molecule has 0 bridgehead atoms. The maximum Gasteiger partial charge on any atom is 0.269 e. The van der Waals surface area contributed by atoms with Gasteiger partial charge in [0.05, 0.1) is 17.4 Å². The van der Waals surface area contributed by atoms with Crippen molar-refractivity contribution in [3.05, 3.63) is 89.3 Å². The van der Waals surface area contributed by atoms with Crippen molar-refractivity contribution < 1.29 is 35.5 Å². The van der Waals surface area contributed by atoms with E-state index in [0.29, 0.717) is 42.5 Å². The number of aromatic nitrogens is 1. The van der Waals surface area contributed by atoms with Crippen LogP contribution in [0.5, 0.6) is 0 Å². The van der Waals surface area contributed by atoms with Crippen LogP contribution in [0.4, 0.5) is 23.2 Å². The van der Waals surface area contributed by atoms with Crippen molar-refractivity contribution in [3.8, 4) is 0 Å². The van der Waals surface area contributed by atoms with E-state index in [4.69, 9.17) is 15.2 Å². The minimum absolute atomic E-state index is 0.0945. The first-order valence-electron chi connectivity index (χ1n) is 12.1. The van der Waals surface area contributed by atoms with Crippen LogP contribution < -0.4 is 10.0 Å². The highest BCUT2D eigenvalue weighted by Gasteiger charge is 2.31. The molecule has 1 fully saturated rings. The Morgan fingerprint density at radius 3 is 2.60 bits per heavy atom. The first-order valence-corrected chi connectivity index (χ1v) is 13.6. The molecular formula is C27H26F4N4O4S. The van der Waals surface area contributed by atoms with E-state index in [-0.39, 0.29) is 28.4 Å². The lowest BCUT2D eigenvalue weighted by Gasteiger charge is -2.25. The Kier molecular flexibility index (Phi) is 9.17. The molecule has 3 aromatic rings. The molecule has 1 aliphatic heterocycles. The molecule has 1 aliphatic rings. The zero-order valence-electron chi connectivity index (χ0n) is 21.4. The number of sulfonamides is 1. The van der Waals surface area contributed by atoms with Crippen molar-refractivity contribution in [3.63, 3.8) is 0 Å². The molecule has 0 aliphatic carbocycles. The third-order valence-electron chi connectivity index (χ3n) is 6.18. The number of benzene rings is 2. The molecule has 0 saturated carbocycles. The van der Waals surface area contributed by atoms with Crippen LogP contribution in [0.2, 0.25) is 0 Å². The number of allylic oxidation sites excluding steroid dienone is 1. The van der Waals surface area contributed by atoms with Crippen LogP contribution in [0, 0.1) is 23.4 Å². The van der Waals surface area contributed by atoms with E-state index in [0.717, 1.165) is 25.3 Å². The normalized spacial score (nSPS) is 15.3. The lowest BCUT2D eigenvalue weighted by molar-refractivity contribution is 0.0872. The number of hydrogen-bond donors (Lipinski definition) is 1. The smallest absolute Gasteiger partial charge is 0.269 e. The number of pyridine rings is 1. The number of halogens is 4. The van der Waals surface area contributed by atoms with Crippen molar-refractivity contribution in [2.24, 2.45) is 10.7 Å². The Morgan fingerprint density at radius 2 is 1.90 bits per heavy atom. The summed E-state index contributed by atoms with van der Waals surface area (Å²) >= 11 is 0. The summed E-state index contributed by atoms with van der Waals surface area (Å²) in [5.41, 5.74) is 5.90. The topological polar surface area (TPSA) is 107 Å². The molecule has 0 spiro atoms. The Bertz CT molecular complexity index is 1540. The molecule has 40 heavy (non-hydrogen) atoms. The second-order valence-electron chi connectivity index (χ2n) is 8.80. The maximum absolute atomic E-state index is 16.1. The van der Waals surface area contributed by atoms with Crippen LogP contribution in [-0.4, -0.2) is 52.7 Å². The van der Waals surface area contributed by atoms with Gasteiger partial charge in [-0.05, 0) is 54.8 Å². The summed E-state index contributed by atoms with van der Waals surface area (Å²) in [6.45, 7) is 0.315. The lowest BCUT2D eigenvalue weighted by Crippen LogP contribution is -2.34. The standard InChI is InChI=1S/C27H26F4N4O4S/c1-38-16-35(40(36,37)24-14-18(28)5-6-22(24)29)23-4-2-3-20(26(23)31)27(32)21(17-7-10-33-25(30)13-17)15-34-19-8-11-39-12-9-19/h2-7,10,13-15,19H,8-9,11-12,16,32H2,1H3. The highest BCUT2D eigenvalue weighted by Crippen LogP contribution is 2.33. The minimum atomic E-state index is -4.84. The molecule has 1 aromatic heterocycles. The first kappa shape index (κ1) is 29.2. The van der Waals surface area contributed by atoms with Gasteiger partial charge >= 0.3 is 0 Å². The Labute approximate surface area is 228 Å². The van der Waals surface area contributed by atoms with E-state index in [1.165, 1.54) is 30.6 Å². The monoisotopic (exact) mass is 578 g/mol. The molecule has 0 atom stereocenters. The van der Waals surface area contributed by atoms with Crippen molar-refractivity contribution in [2.45, 2.75) is 23.8 Å². The summed E-state index contributed by atoms with van der Waals surface area (Å²) in [5.74, 6) is -4.13. The van der Waals surface area contributed by atoms with Gasteiger partial charge in [-0.25, -0.2) is 30.9 Å². The Balaban J connectivity index is 1.85. The van der Waals surface area contributed by atoms with Gasteiger partial charge < -0.3 is 15.2 Å². The molecule has 2 aromatic carbocycles. The highest BCUT2D eigenvalue weighted by atomic mass is 32.2. The molecule has 212 valence electrons. The summed E-state index contributed by atoms with van der Waals surface area (Å²) in [6, 6.07) is 8.14. The zero-order chi connectivity index (χ0) is 28.9. The van der Waals surface area contributed by atoms with Crippen molar-refractivity contribution in [1.82, 2.24) is 4.98 Å². The van der Waals surface area contributed by atoms with E-state index in [1.54, 1.807) is 0 Å². The quantitative estimate of drug-likeness (QED) is 0.173. The maximum atomic E-state index is 16.1. The predicted octanol–water partition coefficient (Wildman–Crippen LogP) is 4.51. The third-order valence-corrected chi connectivity index (χ3v) is 7.93. The van der Waals surface area contributed by atoms with Gasteiger partial charge in [-0.1, -0.05) is 6.07 Å². The fourth-order valence-corrected chi connectivity index (χ4v) is 5.59. The fraction of sp³-hybridized carbons (Fsp3) is 0.259. The number of methoxy groups -OCH3 is 1. The number of anilines is 1. The minimum Gasteiger partial charge on any atom is -0.398 e. The first-order chi connectivity index (χ1) is 19.1. The van der Waals surface area contributed by atoms with E-state index in [1.807, 2.05) is 0 Å². The van der Waals surface area contributed by atoms with Crippen LogP contribution in [-0.2, 0) is 19.5 Å². The fourth-order valence-electron chi connectivity index (χ4n) is 4.13. The molecule has 0 unspecified atom stereocenters. The number of nitrogens with zero attached hydrogens (tertiary/aromatic N) is 3. The third kappa shape index (κ3) is 6.32. The second-order valence-corrected chi connectivity index (χ2v) is 10.6. The summed E-state index contributed by atoms with van der Waals surface area (Å²) in [5, 5.41) is 0. The van der Waals surface area contributed by atoms with Crippen molar-refractivity contribution in [1.29, 1.82) is 0 Å². The number of nitrogens with two attached hydrogens (primary N) is 1. The van der Waals surface area contributed by atoms with Gasteiger partial charge in [0.15, 0.2) is 5.82 Å². The molecule has 1 saturated heterocycles. The SMILES string of the molecule is COCN(c1cccc(C(N)=C(C=NC2CCOCC2)c2ccnc(F)c2)c1F)S(=O)(=O)c1cc(F)ccc1F. The Hall–Kier alpha value is -3.81. The average molecular weight is 579 g/mol. The van der Waals surface area contributed by atoms with Gasteiger partial charge in [0.25, 0.3) is 10.0 Å². The molecule has 0 amide bonds. The van der Waals surface area contributed by atoms with Crippen LogP contribution in [0.15, 0.2) is 64.6 Å². The number of rotatable bonds is 9. The van der Waals surface area contributed by atoms with Gasteiger partial charge in [0.1, 0.15) is 23.3 Å². The number of aliphatic imine (C=N–C) groups is 1. The molecule has 0 radical (unpaired) electrons. The molecule has 2 heterocycles. The van der Waals surface area contributed by atoms with Crippen LogP contribution in [0.1, 0.15) is 24.0 Å². The summed E-state index contributed by atoms with van der Waals surface area (Å²) in [7, 11) is -3.68. The summed E-state index contributed by atoms with van der Waals surface area (Å²) < 4.78 is 95.9. The van der Waals surface area contributed by atoms with E-state index in [9.17, 15) is 21.6 Å². The van der Waals surface area contributed by atoms with Gasteiger partial charge in [-0.2, -0.15) is 4.39 Å². The Morgan fingerprint density at radius 1 is 1.15 bits per heavy atom. The molecule has 8 nitrogen and oxygen atoms in total. The zero-order valence-corrected chi connectivity index (χ0v) is 22.2. The number of hydrogen-bond acceptors (Lipinski definition) is 7. The average Bonchev–Trinajstić information content (AvgIpc) is 2.94. The molecule has 2 N–H and O–H groups in total. The van der Waals surface area contributed by atoms with E-state index in [2.05, 4.69) is 9.98 Å². The number of ether oxygens (including phenoxy) is 2. The van der Waals surface area contributed by atoms with Gasteiger partial charge in [0.2, 0.25) is 5.95 Å². The second kappa shape index (κ2) is 12.6. The van der Waals surface area contributed by atoms with Crippen molar-refractivity contribution in [2.75, 3.05) is 31.4 Å². The summed E-state index contributed by atoms with van der Waals surface area (Å²) in [6.07, 6.45) is 3.93. The van der Waals surface area contributed by atoms with E-state index >= 15 is 4.39 Å².